The van der Waals surface area contributed by atoms with Crippen LogP contribution in [0, 0.1) is 11.3 Å². The molecule has 28 heavy (non-hydrogen) atoms. The Kier molecular flexibility index (Phi) is 4.33. The van der Waals surface area contributed by atoms with Gasteiger partial charge in [-0.25, -0.2) is 9.97 Å². The van der Waals surface area contributed by atoms with E-state index in [2.05, 4.69) is 39.0 Å². The van der Waals surface area contributed by atoms with Crippen LogP contribution in [0.3, 0.4) is 0 Å². The summed E-state index contributed by atoms with van der Waals surface area (Å²) in [6.07, 6.45) is 4.14. The maximum atomic E-state index is 9.14. The second-order valence-electron chi connectivity index (χ2n) is 6.40. The number of hydrogen-bond acceptors (Lipinski definition) is 7. The lowest BCUT2D eigenvalue weighted by molar-refractivity contribution is 0.812. The van der Waals surface area contributed by atoms with Crippen LogP contribution in [0.2, 0.25) is 0 Å². The molecule has 8 heteroatoms. The Labute approximate surface area is 161 Å². The molecule has 0 saturated heterocycles. The highest BCUT2D eigenvalue weighted by atomic mass is 15.1. The SMILES string of the molecule is CCc1cc(Cn2cnc3c(-c4cc(C#N)ccn4)nc(N)nc32)ccc1N. The highest BCUT2D eigenvalue weighted by Crippen LogP contribution is 2.25. The van der Waals surface area contributed by atoms with E-state index in [9.17, 15) is 0 Å². The minimum absolute atomic E-state index is 0.125. The molecule has 3 aromatic heterocycles. The molecule has 0 saturated carbocycles. The summed E-state index contributed by atoms with van der Waals surface area (Å²) in [5.74, 6) is 0.125. The summed E-state index contributed by atoms with van der Waals surface area (Å²) in [4.78, 5) is 17.5. The molecule has 0 bridgehead atoms. The lowest BCUT2D eigenvalue weighted by atomic mass is 10.1. The van der Waals surface area contributed by atoms with Gasteiger partial charge in [0.1, 0.15) is 11.2 Å². The number of pyridine rings is 1. The fourth-order valence-electron chi connectivity index (χ4n) is 3.15. The predicted molar refractivity (Wildman–Crippen MR) is 107 cm³/mol. The van der Waals surface area contributed by atoms with Crippen LogP contribution in [-0.4, -0.2) is 24.5 Å². The standard InChI is InChI=1S/C20H18N8/c1-2-14-7-13(3-4-15(14)22)10-28-11-25-18-17(26-20(23)27-19(18)28)16-8-12(9-21)5-6-24-16/h3-8,11H,2,10,22H2,1H3,(H2,23,26,27). The van der Waals surface area contributed by atoms with Gasteiger partial charge in [-0.15, -0.1) is 0 Å². The van der Waals surface area contributed by atoms with Gasteiger partial charge >= 0.3 is 0 Å². The second-order valence-corrected chi connectivity index (χ2v) is 6.40. The molecule has 0 spiro atoms. The van der Waals surface area contributed by atoms with Gasteiger partial charge in [-0.2, -0.15) is 10.2 Å². The highest BCUT2D eigenvalue weighted by Gasteiger charge is 2.15. The quantitative estimate of drug-likeness (QED) is 0.527. The molecule has 4 N–H and O–H groups in total. The Morgan fingerprint density at radius 1 is 1.11 bits per heavy atom. The molecule has 0 amide bonds. The van der Waals surface area contributed by atoms with Crippen LogP contribution < -0.4 is 11.5 Å². The first kappa shape index (κ1) is 17.4. The van der Waals surface area contributed by atoms with Gasteiger partial charge < -0.3 is 16.0 Å². The fraction of sp³-hybridized carbons (Fsp3) is 0.150. The monoisotopic (exact) mass is 370 g/mol. The Balaban J connectivity index is 1.80. The Bertz CT molecular complexity index is 1220. The van der Waals surface area contributed by atoms with Crippen molar-refractivity contribution in [1.82, 2.24) is 24.5 Å². The maximum absolute atomic E-state index is 9.14. The number of benzene rings is 1. The number of aryl methyl sites for hydroxylation is 1. The summed E-state index contributed by atoms with van der Waals surface area (Å²) >= 11 is 0. The van der Waals surface area contributed by atoms with E-state index in [4.69, 9.17) is 16.7 Å². The lowest BCUT2D eigenvalue weighted by Crippen LogP contribution is -2.04. The molecule has 138 valence electrons. The van der Waals surface area contributed by atoms with Crippen molar-refractivity contribution < 1.29 is 0 Å². The van der Waals surface area contributed by atoms with E-state index in [-0.39, 0.29) is 5.95 Å². The molecule has 4 rings (SSSR count). The maximum Gasteiger partial charge on any atom is 0.222 e. The average molecular weight is 370 g/mol. The smallest absolute Gasteiger partial charge is 0.222 e. The second kappa shape index (κ2) is 6.96. The van der Waals surface area contributed by atoms with Crippen molar-refractivity contribution in [2.45, 2.75) is 19.9 Å². The van der Waals surface area contributed by atoms with Crippen molar-refractivity contribution in [3.8, 4) is 17.5 Å². The molecule has 4 aromatic rings. The van der Waals surface area contributed by atoms with Crippen LogP contribution in [0.4, 0.5) is 11.6 Å². The van der Waals surface area contributed by atoms with Crippen molar-refractivity contribution in [1.29, 1.82) is 5.26 Å². The van der Waals surface area contributed by atoms with Gasteiger partial charge in [-0.05, 0) is 35.7 Å². The van der Waals surface area contributed by atoms with Crippen molar-refractivity contribution in [3.05, 3.63) is 59.5 Å². The van der Waals surface area contributed by atoms with Crippen LogP contribution in [0.15, 0.2) is 42.9 Å². The number of aromatic nitrogens is 5. The van der Waals surface area contributed by atoms with Crippen molar-refractivity contribution in [2.75, 3.05) is 11.5 Å². The summed E-state index contributed by atoms with van der Waals surface area (Å²) < 4.78 is 1.91. The average Bonchev–Trinajstić information content (AvgIpc) is 3.11. The largest absolute Gasteiger partial charge is 0.399 e. The van der Waals surface area contributed by atoms with Crippen molar-refractivity contribution in [3.63, 3.8) is 0 Å². The van der Waals surface area contributed by atoms with Gasteiger partial charge in [0.05, 0.1) is 30.2 Å². The van der Waals surface area contributed by atoms with E-state index in [1.54, 1.807) is 24.7 Å². The van der Waals surface area contributed by atoms with Gasteiger partial charge in [0.2, 0.25) is 5.95 Å². The number of imidazole rings is 1. The summed E-state index contributed by atoms with van der Waals surface area (Å²) in [5, 5.41) is 9.14. The van der Waals surface area contributed by atoms with Crippen LogP contribution in [0.1, 0.15) is 23.6 Å². The minimum atomic E-state index is 0.125. The number of nitriles is 1. The lowest BCUT2D eigenvalue weighted by Gasteiger charge is -2.09. The van der Waals surface area contributed by atoms with Crippen molar-refractivity contribution >= 4 is 22.8 Å². The van der Waals surface area contributed by atoms with E-state index in [1.807, 2.05) is 16.7 Å². The van der Waals surface area contributed by atoms with Gasteiger partial charge in [0, 0.05) is 11.9 Å². The Morgan fingerprint density at radius 3 is 2.75 bits per heavy atom. The number of nitrogen functional groups attached to an aromatic ring is 2. The molecule has 1 aromatic carbocycles. The van der Waals surface area contributed by atoms with Crippen molar-refractivity contribution in [2.24, 2.45) is 0 Å². The Hall–Kier alpha value is -3.99. The first-order chi connectivity index (χ1) is 13.6. The Morgan fingerprint density at radius 2 is 1.96 bits per heavy atom. The third-order valence-electron chi connectivity index (χ3n) is 4.55. The molecular formula is C20H18N8. The highest BCUT2D eigenvalue weighted by molar-refractivity contribution is 5.87. The third-order valence-corrected chi connectivity index (χ3v) is 4.55. The third kappa shape index (κ3) is 3.10. The van der Waals surface area contributed by atoms with E-state index in [0.717, 1.165) is 23.2 Å². The molecule has 0 fully saturated rings. The normalized spacial score (nSPS) is 10.9. The number of rotatable bonds is 4. The molecule has 0 aliphatic heterocycles. The topological polar surface area (TPSA) is 132 Å². The summed E-state index contributed by atoms with van der Waals surface area (Å²) in [7, 11) is 0. The summed E-state index contributed by atoms with van der Waals surface area (Å²) in [6, 6.07) is 11.4. The fourth-order valence-corrected chi connectivity index (χ4v) is 3.15. The van der Waals surface area contributed by atoms with Gasteiger partial charge in [-0.3, -0.25) is 4.98 Å². The minimum Gasteiger partial charge on any atom is -0.399 e. The molecular weight excluding hydrogens is 352 g/mol. The number of hydrogen-bond donors (Lipinski definition) is 2. The van der Waals surface area contributed by atoms with Gasteiger partial charge in [0.15, 0.2) is 5.65 Å². The molecule has 0 aliphatic carbocycles. The molecule has 8 nitrogen and oxygen atoms in total. The molecule has 0 unspecified atom stereocenters. The number of nitrogens with zero attached hydrogens (tertiary/aromatic N) is 6. The summed E-state index contributed by atoms with van der Waals surface area (Å²) in [6.45, 7) is 2.65. The number of anilines is 2. The number of fused-ring (bicyclic) bond motifs is 1. The number of nitrogens with two attached hydrogens (primary N) is 2. The van der Waals surface area contributed by atoms with E-state index >= 15 is 0 Å². The first-order valence-electron chi connectivity index (χ1n) is 8.81. The van der Waals surface area contributed by atoms with E-state index in [0.29, 0.717) is 34.7 Å². The van der Waals surface area contributed by atoms with Crippen LogP contribution in [0.5, 0.6) is 0 Å². The predicted octanol–water partition coefficient (Wildman–Crippen LogP) is 2.54. The zero-order valence-electron chi connectivity index (χ0n) is 15.3. The van der Waals surface area contributed by atoms with E-state index < -0.39 is 0 Å². The van der Waals surface area contributed by atoms with Crippen LogP contribution >= 0.6 is 0 Å². The van der Waals surface area contributed by atoms with Gasteiger partial charge in [0.25, 0.3) is 0 Å². The summed E-state index contributed by atoms with van der Waals surface area (Å²) in [5.41, 5.74) is 17.7. The zero-order chi connectivity index (χ0) is 19.7. The zero-order valence-corrected chi connectivity index (χ0v) is 15.3. The molecule has 0 atom stereocenters. The molecule has 3 heterocycles. The van der Waals surface area contributed by atoms with Crippen LogP contribution in [0.25, 0.3) is 22.6 Å². The molecule has 0 radical (unpaired) electrons. The van der Waals surface area contributed by atoms with Crippen LogP contribution in [-0.2, 0) is 13.0 Å². The van der Waals surface area contributed by atoms with Gasteiger partial charge in [-0.1, -0.05) is 19.1 Å². The van der Waals surface area contributed by atoms with E-state index in [1.165, 1.54) is 0 Å². The molecule has 0 aliphatic rings. The first-order valence-corrected chi connectivity index (χ1v) is 8.81.